The van der Waals surface area contributed by atoms with E-state index in [-0.39, 0.29) is 5.78 Å². The summed E-state index contributed by atoms with van der Waals surface area (Å²) in [7, 11) is 0. The second-order valence-corrected chi connectivity index (χ2v) is 4.06. The van der Waals surface area contributed by atoms with E-state index in [0.29, 0.717) is 12.1 Å². The standard InChI is InChI=1S/C8H6N2OS2/c11-8(7-5-9-13-10-7)4-6-2-1-3-12-6/h1-3,5H,4H2. The Kier molecular flexibility index (Phi) is 2.47. The van der Waals surface area contributed by atoms with E-state index < -0.39 is 0 Å². The first kappa shape index (κ1) is 8.52. The van der Waals surface area contributed by atoms with Crippen LogP contribution in [0.5, 0.6) is 0 Å². The molecule has 0 radical (unpaired) electrons. The van der Waals surface area contributed by atoms with Crippen LogP contribution >= 0.6 is 23.1 Å². The molecule has 0 atom stereocenters. The van der Waals surface area contributed by atoms with Crippen LogP contribution < -0.4 is 0 Å². The van der Waals surface area contributed by atoms with Crippen molar-refractivity contribution in [3.8, 4) is 0 Å². The Morgan fingerprint density at radius 3 is 3.08 bits per heavy atom. The van der Waals surface area contributed by atoms with Gasteiger partial charge in [0.1, 0.15) is 5.69 Å². The minimum Gasteiger partial charge on any atom is -0.292 e. The number of ketones is 1. The topological polar surface area (TPSA) is 42.9 Å². The molecule has 0 aliphatic carbocycles. The van der Waals surface area contributed by atoms with Crippen LogP contribution in [-0.2, 0) is 6.42 Å². The van der Waals surface area contributed by atoms with Crippen LogP contribution in [0.25, 0.3) is 0 Å². The van der Waals surface area contributed by atoms with Crippen LogP contribution in [0.3, 0.4) is 0 Å². The Morgan fingerprint density at radius 2 is 2.46 bits per heavy atom. The van der Waals surface area contributed by atoms with Crippen molar-refractivity contribution in [3.05, 3.63) is 34.3 Å². The molecule has 0 amide bonds. The maximum absolute atomic E-state index is 11.5. The van der Waals surface area contributed by atoms with Crippen molar-refractivity contribution in [2.75, 3.05) is 0 Å². The maximum Gasteiger partial charge on any atom is 0.189 e. The SMILES string of the molecule is O=C(Cc1cccs1)c1cnsn1. The number of Topliss-reactive ketones (excluding diaryl/α,β-unsaturated/α-hetero) is 1. The molecule has 2 rings (SSSR count). The van der Waals surface area contributed by atoms with E-state index in [0.717, 1.165) is 16.6 Å². The van der Waals surface area contributed by atoms with Gasteiger partial charge in [-0.25, -0.2) is 0 Å². The molecule has 0 fully saturated rings. The van der Waals surface area contributed by atoms with Gasteiger partial charge < -0.3 is 0 Å². The largest absolute Gasteiger partial charge is 0.292 e. The molecular formula is C8H6N2OS2. The molecule has 0 saturated heterocycles. The van der Waals surface area contributed by atoms with E-state index in [1.807, 2.05) is 17.5 Å². The molecule has 66 valence electrons. The predicted molar refractivity (Wildman–Crippen MR) is 52.3 cm³/mol. The van der Waals surface area contributed by atoms with Crippen molar-refractivity contribution in [1.29, 1.82) is 0 Å². The number of aromatic nitrogens is 2. The van der Waals surface area contributed by atoms with Gasteiger partial charge in [0.15, 0.2) is 5.78 Å². The normalized spacial score (nSPS) is 10.2. The molecule has 3 nitrogen and oxygen atoms in total. The lowest BCUT2D eigenvalue weighted by Crippen LogP contribution is -2.01. The number of carbonyl (C=O) groups is 1. The van der Waals surface area contributed by atoms with Gasteiger partial charge in [0.05, 0.1) is 17.9 Å². The fourth-order valence-corrected chi connectivity index (χ4v) is 2.08. The van der Waals surface area contributed by atoms with E-state index in [1.165, 1.54) is 6.20 Å². The Labute approximate surface area is 83.4 Å². The Balaban J connectivity index is 2.08. The highest BCUT2D eigenvalue weighted by molar-refractivity contribution is 7.10. The number of nitrogens with zero attached hydrogens (tertiary/aromatic N) is 2. The molecule has 0 aliphatic rings. The monoisotopic (exact) mass is 210 g/mol. The summed E-state index contributed by atoms with van der Waals surface area (Å²) in [6, 6.07) is 3.88. The van der Waals surface area contributed by atoms with E-state index in [4.69, 9.17) is 0 Å². The molecule has 2 aromatic rings. The van der Waals surface area contributed by atoms with Crippen LogP contribution in [0.4, 0.5) is 0 Å². The summed E-state index contributed by atoms with van der Waals surface area (Å²) >= 11 is 2.65. The minimum absolute atomic E-state index is 0.0381. The zero-order valence-electron chi connectivity index (χ0n) is 6.64. The van der Waals surface area contributed by atoms with Crippen LogP contribution in [0.15, 0.2) is 23.7 Å². The molecule has 0 bridgehead atoms. The summed E-state index contributed by atoms with van der Waals surface area (Å²) < 4.78 is 7.67. The first-order chi connectivity index (χ1) is 6.36. The number of carbonyl (C=O) groups excluding carboxylic acids is 1. The lowest BCUT2D eigenvalue weighted by molar-refractivity contribution is 0.0990. The number of thiophene rings is 1. The highest BCUT2D eigenvalue weighted by Gasteiger charge is 2.09. The third-order valence-electron chi connectivity index (χ3n) is 1.56. The second-order valence-electron chi connectivity index (χ2n) is 2.47. The van der Waals surface area contributed by atoms with Crippen LogP contribution in [0, 0.1) is 0 Å². The number of rotatable bonds is 3. The molecule has 0 aromatic carbocycles. The fourth-order valence-electron chi connectivity index (χ4n) is 0.949. The summed E-state index contributed by atoms with van der Waals surface area (Å²) in [5, 5.41) is 1.96. The average Bonchev–Trinajstić information content (AvgIpc) is 2.74. The molecule has 0 aliphatic heterocycles. The van der Waals surface area contributed by atoms with Crippen LogP contribution in [0.1, 0.15) is 15.4 Å². The summed E-state index contributed by atoms with van der Waals surface area (Å²) in [4.78, 5) is 12.6. The summed E-state index contributed by atoms with van der Waals surface area (Å²) in [5.41, 5.74) is 0.471. The van der Waals surface area contributed by atoms with Gasteiger partial charge in [-0.3, -0.25) is 4.79 Å². The van der Waals surface area contributed by atoms with Gasteiger partial charge in [0, 0.05) is 11.3 Å². The Hall–Kier alpha value is -1.07. The lowest BCUT2D eigenvalue weighted by atomic mass is 10.2. The van der Waals surface area contributed by atoms with Gasteiger partial charge in [-0.15, -0.1) is 11.3 Å². The van der Waals surface area contributed by atoms with Crippen molar-refractivity contribution in [2.24, 2.45) is 0 Å². The summed E-state index contributed by atoms with van der Waals surface area (Å²) in [5.74, 6) is 0.0381. The molecular weight excluding hydrogens is 204 g/mol. The van der Waals surface area contributed by atoms with Crippen LogP contribution in [-0.4, -0.2) is 14.5 Å². The molecule has 2 aromatic heterocycles. The van der Waals surface area contributed by atoms with Crippen LogP contribution in [0.2, 0.25) is 0 Å². The third kappa shape index (κ3) is 1.99. The first-order valence-corrected chi connectivity index (χ1v) is 5.30. The summed E-state index contributed by atoms with van der Waals surface area (Å²) in [6.45, 7) is 0. The average molecular weight is 210 g/mol. The molecule has 0 saturated carbocycles. The number of hydrogen-bond donors (Lipinski definition) is 0. The zero-order valence-corrected chi connectivity index (χ0v) is 8.27. The fraction of sp³-hybridized carbons (Fsp3) is 0.125. The number of hydrogen-bond acceptors (Lipinski definition) is 5. The van der Waals surface area contributed by atoms with E-state index in [9.17, 15) is 4.79 Å². The maximum atomic E-state index is 11.5. The van der Waals surface area contributed by atoms with Crippen molar-refractivity contribution in [2.45, 2.75) is 6.42 Å². The summed E-state index contributed by atoms with van der Waals surface area (Å²) in [6.07, 6.45) is 1.95. The molecule has 0 spiro atoms. The van der Waals surface area contributed by atoms with Gasteiger partial charge >= 0.3 is 0 Å². The van der Waals surface area contributed by atoms with Crippen molar-refractivity contribution >= 4 is 28.8 Å². The van der Waals surface area contributed by atoms with E-state index in [1.54, 1.807) is 11.3 Å². The first-order valence-electron chi connectivity index (χ1n) is 3.69. The minimum atomic E-state index is 0.0381. The predicted octanol–water partition coefficient (Wildman–Crippen LogP) is 2.02. The van der Waals surface area contributed by atoms with Gasteiger partial charge in [0.2, 0.25) is 0 Å². The van der Waals surface area contributed by atoms with E-state index >= 15 is 0 Å². The Morgan fingerprint density at radius 1 is 1.54 bits per heavy atom. The molecule has 0 unspecified atom stereocenters. The zero-order chi connectivity index (χ0) is 9.10. The highest BCUT2D eigenvalue weighted by atomic mass is 32.1. The molecule has 2 heterocycles. The highest BCUT2D eigenvalue weighted by Crippen LogP contribution is 2.11. The van der Waals surface area contributed by atoms with Gasteiger partial charge in [-0.1, -0.05) is 6.07 Å². The van der Waals surface area contributed by atoms with Gasteiger partial charge in [-0.05, 0) is 11.4 Å². The molecule has 5 heteroatoms. The van der Waals surface area contributed by atoms with Gasteiger partial charge in [-0.2, -0.15) is 8.75 Å². The molecule has 13 heavy (non-hydrogen) atoms. The smallest absolute Gasteiger partial charge is 0.189 e. The second kappa shape index (κ2) is 3.76. The Bertz CT molecular complexity index is 380. The van der Waals surface area contributed by atoms with E-state index in [2.05, 4.69) is 8.75 Å². The quantitative estimate of drug-likeness (QED) is 0.728. The van der Waals surface area contributed by atoms with Gasteiger partial charge in [0.25, 0.3) is 0 Å². The van der Waals surface area contributed by atoms with Crippen molar-refractivity contribution in [1.82, 2.24) is 8.75 Å². The third-order valence-corrected chi connectivity index (χ3v) is 2.92. The molecule has 0 N–H and O–H groups in total. The lowest BCUT2D eigenvalue weighted by Gasteiger charge is -1.91. The van der Waals surface area contributed by atoms with Crippen molar-refractivity contribution in [3.63, 3.8) is 0 Å². The van der Waals surface area contributed by atoms with Crippen molar-refractivity contribution < 1.29 is 4.79 Å².